The fourth-order valence-electron chi connectivity index (χ4n) is 0.983. The summed E-state index contributed by atoms with van der Waals surface area (Å²) < 4.78 is 19.1. The van der Waals surface area contributed by atoms with Crippen LogP contribution in [0.4, 0.5) is 4.39 Å². The van der Waals surface area contributed by atoms with Gasteiger partial charge in [-0.2, -0.15) is 14.5 Å². The number of nitrogens with zero attached hydrogens (tertiary/aromatic N) is 4. The van der Waals surface area contributed by atoms with Gasteiger partial charge in [0.15, 0.2) is 0 Å². The number of methoxy groups -OCH3 is 1. The zero-order valence-electron chi connectivity index (χ0n) is 7.38. The molecule has 14 heavy (non-hydrogen) atoms. The normalized spacial score (nSPS) is 10.1. The Morgan fingerprint density at radius 1 is 1.50 bits per heavy atom. The van der Waals surface area contributed by atoms with Gasteiger partial charge in [-0.1, -0.05) is 0 Å². The average Bonchev–Trinajstić information content (AvgIpc) is 2.71. The molecule has 0 unspecified atom stereocenters. The molecule has 2 aromatic rings. The molecule has 0 radical (unpaired) electrons. The first kappa shape index (κ1) is 8.61. The molecule has 0 fully saturated rings. The van der Waals surface area contributed by atoms with E-state index in [0.29, 0.717) is 0 Å². The van der Waals surface area contributed by atoms with Gasteiger partial charge >= 0.3 is 0 Å². The fraction of sp³-hybridized carbons (Fsp3) is 0.125. The molecule has 0 saturated heterocycles. The second-order valence-electron chi connectivity index (χ2n) is 2.48. The lowest BCUT2D eigenvalue weighted by atomic mass is 10.6. The van der Waals surface area contributed by atoms with Crippen LogP contribution in [0.1, 0.15) is 0 Å². The smallest absolute Gasteiger partial charge is 0.255 e. The molecule has 72 valence electrons. The molecule has 0 atom stereocenters. The molecule has 2 aromatic heterocycles. The van der Waals surface area contributed by atoms with E-state index in [1.807, 2.05) is 0 Å². The monoisotopic (exact) mass is 194 g/mol. The molecular weight excluding hydrogens is 187 g/mol. The Balaban J connectivity index is 2.46. The summed E-state index contributed by atoms with van der Waals surface area (Å²) in [5.41, 5.74) is 0. The van der Waals surface area contributed by atoms with Crippen molar-refractivity contribution < 1.29 is 9.13 Å². The highest BCUT2D eigenvalue weighted by Crippen LogP contribution is 2.12. The zero-order chi connectivity index (χ0) is 9.97. The van der Waals surface area contributed by atoms with Crippen LogP contribution in [0.5, 0.6) is 5.88 Å². The van der Waals surface area contributed by atoms with Crippen molar-refractivity contribution in [2.75, 3.05) is 7.11 Å². The highest BCUT2D eigenvalue weighted by molar-refractivity contribution is 5.18. The minimum atomic E-state index is -0.594. The maximum Gasteiger partial charge on any atom is 0.255 e. The van der Waals surface area contributed by atoms with Crippen LogP contribution in [0.2, 0.25) is 0 Å². The van der Waals surface area contributed by atoms with Crippen LogP contribution in [-0.2, 0) is 0 Å². The molecule has 0 saturated carbocycles. The summed E-state index contributed by atoms with van der Waals surface area (Å²) in [6.45, 7) is 0. The maximum atomic E-state index is 12.9. The molecule has 0 bridgehead atoms. The number of rotatable bonds is 2. The molecule has 0 aliphatic heterocycles. The second-order valence-corrected chi connectivity index (χ2v) is 2.48. The summed E-state index contributed by atoms with van der Waals surface area (Å²) in [4.78, 5) is 7.59. The van der Waals surface area contributed by atoms with E-state index in [4.69, 9.17) is 4.74 Å². The van der Waals surface area contributed by atoms with Crippen LogP contribution in [-0.4, -0.2) is 26.9 Å². The van der Waals surface area contributed by atoms with E-state index in [1.165, 1.54) is 11.8 Å². The Morgan fingerprint density at radius 3 is 3.00 bits per heavy atom. The van der Waals surface area contributed by atoms with Crippen LogP contribution < -0.4 is 4.74 Å². The van der Waals surface area contributed by atoms with Gasteiger partial charge < -0.3 is 4.74 Å². The number of aromatic nitrogens is 4. The predicted octanol–water partition coefficient (Wildman–Crippen LogP) is 0.810. The van der Waals surface area contributed by atoms with Gasteiger partial charge in [0.2, 0.25) is 5.82 Å². The number of hydrogen-bond donors (Lipinski definition) is 0. The molecule has 0 aliphatic rings. The molecule has 6 heteroatoms. The van der Waals surface area contributed by atoms with Gasteiger partial charge in [-0.25, -0.2) is 9.67 Å². The largest absolute Gasteiger partial charge is 0.479 e. The van der Waals surface area contributed by atoms with Crippen molar-refractivity contribution in [3.63, 3.8) is 0 Å². The van der Waals surface area contributed by atoms with Gasteiger partial charge in [-0.3, -0.25) is 0 Å². The molecule has 2 heterocycles. The standard InChI is InChI=1S/C8H7FN4O/c1-14-7-6(9)5-10-8(12-7)13-4-2-3-11-13/h2-5H,1H3. The Labute approximate surface area is 79.2 Å². The minimum Gasteiger partial charge on any atom is -0.479 e. The molecular formula is C8H7FN4O. The predicted molar refractivity (Wildman–Crippen MR) is 45.7 cm³/mol. The quantitative estimate of drug-likeness (QED) is 0.709. The van der Waals surface area contributed by atoms with Crippen LogP contribution in [0.15, 0.2) is 24.7 Å². The van der Waals surface area contributed by atoms with Crippen LogP contribution in [0, 0.1) is 5.82 Å². The lowest BCUT2D eigenvalue weighted by Gasteiger charge is -2.02. The number of hydrogen-bond acceptors (Lipinski definition) is 4. The maximum absolute atomic E-state index is 12.9. The van der Waals surface area contributed by atoms with E-state index >= 15 is 0 Å². The third kappa shape index (κ3) is 1.41. The Morgan fingerprint density at radius 2 is 2.36 bits per heavy atom. The van der Waals surface area contributed by atoms with Gasteiger partial charge in [0.1, 0.15) is 0 Å². The molecule has 2 rings (SSSR count). The van der Waals surface area contributed by atoms with E-state index in [1.54, 1.807) is 18.5 Å². The minimum absolute atomic E-state index is 0.0921. The SMILES string of the molecule is COc1nc(-n2cccn2)ncc1F. The summed E-state index contributed by atoms with van der Waals surface area (Å²) in [7, 11) is 1.35. The van der Waals surface area contributed by atoms with Crippen LogP contribution in [0.25, 0.3) is 5.95 Å². The van der Waals surface area contributed by atoms with E-state index in [0.717, 1.165) is 6.20 Å². The molecule has 0 aromatic carbocycles. The zero-order valence-corrected chi connectivity index (χ0v) is 7.38. The Bertz CT molecular complexity index is 429. The molecule has 0 spiro atoms. The fourth-order valence-corrected chi connectivity index (χ4v) is 0.983. The highest BCUT2D eigenvalue weighted by atomic mass is 19.1. The summed E-state index contributed by atoms with van der Waals surface area (Å²) in [6.07, 6.45) is 4.29. The van der Waals surface area contributed by atoms with Crippen molar-refractivity contribution >= 4 is 0 Å². The summed E-state index contributed by atoms with van der Waals surface area (Å²) in [5.74, 6) is -0.415. The lowest BCUT2D eigenvalue weighted by molar-refractivity contribution is 0.365. The van der Waals surface area contributed by atoms with Gasteiger partial charge in [0.25, 0.3) is 11.8 Å². The number of ether oxygens (including phenoxy) is 1. The summed E-state index contributed by atoms with van der Waals surface area (Å²) in [6, 6.07) is 1.72. The number of halogens is 1. The topological polar surface area (TPSA) is 52.8 Å². The van der Waals surface area contributed by atoms with Crippen molar-refractivity contribution in [2.24, 2.45) is 0 Å². The van der Waals surface area contributed by atoms with Gasteiger partial charge in [0.05, 0.1) is 13.3 Å². The average molecular weight is 194 g/mol. The molecule has 5 nitrogen and oxygen atoms in total. The first-order valence-corrected chi connectivity index (χ1v) is 3.88. The van der Waals surface area contributed by atoms with Crippen LogP contribution >= 0.6 is 0 Å². The third-order valence-corrected chi connectivity index (χ3v) is 1.60. The Hall–Kier alpha value is -1.98. The van der Waals surface area contributed by atoms with E-state index in [2.05, 4.69) is 15.1 Å². The van der Waals surface area contributed by atoms with Crippen molar-refractivity contribution in [3.8, 4) is 11.8 Å². The molecule has 0 amide bonds. The Kier molecular flexibility index (Phi) is 2.10. The summed E-state index contributed by atoms with van der Waals surface area (Å²) in [5, 5.41) is 3.91. The second kappa shape index (κ2) is 3.41. The lowest BCUT2D eigenvalue weighted by Crippen LogP contribution is -2.04. The highest BCUT2D eigenvalue weighted by Gasteiger charge is 2.07. The van der Waals surface area contributed by atoms with E-state index in [-0.39, 0.29) is 11.8 Å². The third-order valence-electron chi connectivity index (χ3n) is 1.60. The van der Waals surface area contributed by atoms with Gasteiger partial charge in [0, 0.05) is 12.4 Å². The molecule has 0 aliphatic carbocycles. The van der Waals surface area contributed by atoms with Crippen molar-refractivity contribution in [2.45, 2.75) is 0 Å². The van der Waals surface area contributed by atoms with Crippen molar-refractivity contribution in [1.82, 2.24) is 19.7 Å². The van der Waals surface area contributed by atoms with Crippen molar-refractivity contribution in [1.29, 1.82) is 0 Å². The van der Waals surface area contributed by atoms with E-state index in [9.17, 15) is 4.39 Å². The first-order valence-electron chi connectivity index (χ1n) is 3.88. The van der Waals surface area contributed by atoms with Gasteiger partial charge in [-0.05, 0) is 6.07 Å². The van der Waals surface area contributed by atoms with Crippen LogP contribution in [0.3, 0.4) is 0 Å². The molecule has 0 N–H and O–H groups in total. The van der Waals surface area contributed by atoms with Gasteiger partial charge in [-0.15, -0.1) is 0 Å². The van der Waals surface area contributed by atoms with E-state index < -0.39 is 5.82 Å². The first-order chi connectivity index (χ1) is 6.81. The van der Waals surface area contributed by atoms with Crippen molar-refractivity contribution in [3.05, 3.63) is 30.5 Å². The summed E-state index contributed by atoms with van der Waals surface area (Å²) >= 11 is 0.